The number of phenols is 1. The van der Waals surface area contributed by atoms with Crippen LogP contribution < -0.4 is 15.9 Å². The Morgan fingerprint density at radius 1 is 1.00 bits per heavy atom. The Labute approximate surface area is 317 Å². The fraction of sp³-hybridized carbons (Fsp3) is 0.341. The first-order chi connectivity index (χ1) is 26.7. The zero-order valence-corrected chi connectivity index (χ0v) is 30.5. The Kier molecular flexibility index (Phi) is 9.75. The molecule has 55 heavy (non-hydrogen) atoms. The third-order valence-corrected chi connectivity index (χ3v) is 10.7. The lowest BCUT2D eigenvalue weighted by Gasteiger charge is -2.34. The van der Waals surface area contributed by atoms with Crippen molar-refractivity contribution in [1.29, 1.82) is 0 Å². The molecule has 0 saturated carbocycles. The van der Waals surface area contributed by atoms with Gasteiger partial charge in [0.1, 0.15) is 17.6 Å². The van der Waals surface area contributed by atoms with E-state index in [4.69, 9.17) is 4.98 Å². The molecule has 280 valence electrons. The lowest BCUT2D eigenvalue weighted by Crippen LogP contribution is -2.44. The summed E-state index contributed by atoms with van der Waals surface area (Å²) in [5.74, 6) is 6.39. The number of nitrogens with zero attached hydrogens (tertiary/aromatic N) is 8. The Hall–Kier alpha value is -6.49. The number of aromatic hydroxyl groups is 1. The molecule has 14 nitrogen and oxygen atoms in total. The number of hydrogen-bond donors (Lipinski definition) is 2. The van der Waals surface area contributed by atoms with E-state index in [1.807, 2.05) is 53.5 Å². The SMILES string of the molecule is Cn1c(=O)n(C2CCC(=O)NC2=O)c2ccc(C#CCCCCc3cn(Cc4cccc(N5C[C@H]6C[C@@H]5CN6/C=C/C(=O)c5ccccc5O)n4)nn3)cc21. The number of fused-ring (bicyclic) bond motifs is 3. The zero-order valence-electron chi connectivity index (χ0n) is 30.5. The van der Waals surface area contributed by atoms with Gasteiger partial charge in [0.2, 0.25) is 11.8 Å². The molecule has 2 N–H and O–H groups in total. The molecule has 6 heterocycles. The lowest BCUT2D eigenvalue weighted by atomic mass is 10.1. The van der Waals surface area contributed by atoms with Crippen molar-refractivity contribution in [3.05, 3.63) is 112 Å². The van der Waals surface area contributed by atoms with Gasteiger partial charge in [-0.2, -0.15) is 0 Å². The van der Waals surface area contributed by atoms with Crippen molar-refractivity contribution in [2.75, 3.05) is 18.0 Å². The average molecular weight is 740 g/mol. The normalized spacial score (nSPS) is 19.3. The second-order valence-electron chi connectivity index (χ2n) is 14.4. The van der Waals surface area contributed by atoms with Gasteiger partial charge in [0.05, 0.1) is 34.5 Å². The maximum absolute atomic E-state index is 13.0. The van der Waals surface area contributed by atoms with Crippen molar-refractivity contribution in [2.45, 2.75) is 69.6 Å². The summed E-state index contributed by atoms with van der Waals surface area (Å²) in [6.07, 6.45) is 10.2. The van der Waals surface area contributed by atoms with Crippen LogP contribution in [0.5, 0.6) is 5.75 Å². The van der Waals surface area contributed by atoms with Gasteiger partial charge in [-0.25, -0.2) is 14.5 Å². The van der Waals surface area contributed by atoms with Crippen molar-refractivity contribution >= 4 is 34.4 Å². The standard InChI is InChI=1S/C41H41N9O5/c1-46-35-21-27(15-16-33(35)50(41(46)55)34-17-18-39(53)43-40(34)54)9-4-2-3-5-10-29-24-48(45-44-29)23-28-11-8-14-38(42-28)49-26-30-22-31(49)25-47(30)20-19-37(52)32-12-6-7-13-36(32)51/h6-8,11-16,19-21,24,30-31,34,51H,2-3,5,10,17-18,22-23,25-26H2,1H3,(H,43,53,54)/b20-19+/t30-,31-,34?/m1/s1. The molecule has 3 aliphatic heterocycles. The van der Waals surface area contributed by atoms with E-state index in [2.05, 4.69) is 37.3 Å². The van der Waals surface area contributed by atoms with E-state index in [1.165, 1.54) is 15.2 Å². The Bertz CT molecular complexity index is 2450. The van der Waals surface area contributed by atoms with Crippen molar-refractivity contribution in [1.82, 2.24) is 39.3 Å². The van der Waals surface area contributed by atoms with Crippen LogP contribution in [0, 0.1) is 11.8 Å². The molecule has 2 amide bonds. The van der Waals surface area contributed by atoms with Crippen molar-refractivity contribution in [3.63, 3.8) is 0 Å². The summed E-state index contributed by atoms with van der Waals surface area (Å²) in [5, 5.41) is 21.1. The number of nitrogens with one attached hydrogen (secondary N) is 1. The molecule has 8 rings (SSSR count). The molecule has 3 saturated heterocycles. The first kappa shape index (κ1) is 35.5. The number of anilines is 1. The van der Waals surface area contributed by atoms with Gasteiger partial charge in [-0.15, -0.1) is 5.10 Å². The number of hydrogen-bond acceptors (Lipinski definition) is 10. The highest BCUT2D eigenvalue weighted by molar-refractivity contribution is 6.06. The average Bonchev–Trinajstić information content (AvgIpc) is 3.97. The number of rotatable bonds is 11. The number of carbonyl (C=O) groups excluding carboxylic acids is 3. The third kappa shape index (κ3) is 7.37. The van der Waals surface area contributed by atoms with Crippen LogP contribution in [0.1, 0.15) is 71.9 Å². The number of likely N-dealkylation sites (tertiary alicyclic amines) is 1. The molecule has 0 spiro atoms. The van der Waals surface area contributed by atoms with Crippen LogP contribution in [-0.2, 0) is 29.6 Å². The van der Waals surface area contributed by atoms with Gasteiger partial charge in [-0.1, -0.05) is 35.3 Å². The number of aryl methyl sites for hydroxylation is 2. The quantitative estimate of drug-likeness (QED) is 0.0675. The molecular weight excluding hydrogens is 699 g/mol. The fourth-order valence-electron chi connectivity index (χ4n) is 7.86. The largest absolute Gasteiger partial charge is 0.507 e. The number of piperidine rings is 1. The summed E-state index contributed by atoms with van der Waals surface area (Å²) >= 11 is 0. The van der Waals surface area contributed by atoms with E-state index in [0.717, 1.165) is 61.5 Å². The van der Waals surface area contributed by atoms with Crippen molar-refractivity contribution < 1.29 is 19.5 Å². The highest BCUT2D eigenvalue weighted by Crippen LogP contribution is 2.34. The van der Waals surface area contributed by atoms with Gasteiger partial charge in [-0.05, 0) is 74.6 Å². The topological polar surface area (TPSA) is 160 Å². The maximum Gasteiger partial charge on any atom is 0.329 e. The summed E-state index contributed by atoms with van der Waals surface area (Å²) in [7, 11) is 1.67. The molecular formula is C41H41N9O5. The molecule has 14 heteroatoms. The summed E-state index contributed by atoms with van der Waals surface area (Å²) in [6.45, 7) is 2.15. The molecule has 3 atom stereocenters. The summed E-state index contributed by atoms with van der Waals surface area (Å²) in [4.78, 5) is 59.2. The minimum absolute atomic E-state index is 0.00935. The van der Waals surface area contributed by atoms with Gasteiger partial charge in [-0.3, -0.25) is 28.8 Å². The number of pyridine rings is 1. The first-order valence-electron chi connectivity index (χ1n) is 18.6. The molecule has 0 radical (unpaired) electrons. The number of benzene rings is 2. The van der Waals surface area contributed by atoms with Gasteiger partial charge in [0.15, 0.2) is 5.78 Å². The minimum Gasteiger partial charge on any atom is -0.507 e. The summed E-state index contributed by atoms with van der Waals surface area (Å²) in [6, 6.07) is 18.1. The molecule has 2 aromatic carbocycles. The van der Waals surface area contributed by atoms with E-state index in [0.29, 0.717) is 48.1 Å². The molecule has 3 aliphatic rings. The maximum atomic E-state index is 13.0. The van der Waals surface area contributed by atoms with E-state index in [1.54, 1.807) is 31.3 Å². The van der Waals surface area contributed by atoms with E-state index in [9.17, 15) is 24.3 Å². The van der Waals surface area contributed by atoms with Gasteiger partial charge in [0, 0.05) is 69.1 Å². The number of amides is 2. The number of imide groups is 1. The first-order valence-corrected chi connectivity index (χ1v) is 18.6. The molecule has 3 aromatic heterocycles. The molecule has 3 fully saturated rings. The second-order valence-corrected chi connectivity index (χ2v) is 14.4. The zero-order chi connectivity index (χ0) is 38.1. The fourth-order valence-corrected chi connectivity index (χ4v) is 7.86. The predicted molar refractivity (Wildman–Crippen MR) is 204 cm³/mol. The van der Waals surface area contributed by atoms with Crippen LogP contribution >= 0.6 is 0 Å². The summed E-state index contributed by atoms with van der Waals surface area (Å²) in [5.41, 5.74) is 3.94. The second kappa shape index (κ2) is 15.1. The Morgan fingerprint density at radius 3 is 2.69 bits per heavy atom. The van der Waals surface area contributed by atoms with Gasteiger partial charge >= 0.3 is 5.69 Å². The smallest absolute Gasteiger partial charge is 0.329 e. The van der Waals surface area contributed by atoms with Crippen LogP contribution in [0.25, 0.3) is 11.0 Å². The lowest BCUT2D eigenvalue weighted by molar-refractivity contribution is -0.135. The van der Waals surface area contributed by atoms with E-state index < -0.39 is 11.9 Å². The van der Waals surface area contributed by atoms with Crippen LogP contribution in [0.3, 0.4) is 0 Å². The Balaban J connectivity index is 0.804. The molecule has 1 unspecified atom stereocenters. The van der Waals surface area contributed by atoms with Crippen LogP contribution in [0.2, 0.25) is 0 Å². The number of allylic oxidation sites excluding steroid dienone is 1. The molecule has 5 aromatic rings. The van der Waals surface area contributed by atoms with Crippen molar-refractivity contribution in [3.8, 4) is 17.6 Å². The summed E-state index contributed by atoms with van der Waals surface area (Å²) < 4.78 is 4.81. The number of aromatic nitrogens is 6. The van der Waals surface area contributed by atoms with Gasteiger partial charge < -0.3 is 14.9 Å². The number of imidazole rings is 1. The van der Waals surface area contributed by atoms with E-state index >= 15 is 0 Å². The monoisotopic (exact) mass is 739 g/mol. The van der Waals surface area contributed by atoms with Crippen LogP contribution in [0.4, 0.5) is 5.82 Å². The predicted octanol–water partition coefficient (Wildman–Crippen LogP) is 3.48. The highest BCUT2D eigenvalue weighted by atomic mass is 16.3. The number of unbranched alkanes of at least 4 members (excludes halogenated alkanes) is 2. The van der Waals surface area contributed by atoms with Gasteiger partial charge in [0.25, 0.3) is 0 Å². The molecule has 0 aliphatic carbocycles. The number of ketones is 1. The minimum atomic E-state index is -0.715. The van der Waals surface area contributed by atoms with Crippen molar-refractivity contribution in [2.24, 2.45) is 7.05 Å². The highest BCUT2D eigenvalue weighted by Gasteiger charge is 2.42. The number of carbonyl (C=O) groups is 3. The Morgan fingerprint density at radius 2 is 1.87 bits per heavy atom. The number of piperazine rings is 1. The number of phenolic OH excluding ortho intramolecular Hbond substituents is 1. The van der Waals surface area contributed by atoms with Crippen LogP contribution in [-0.4, -0.2) is 81.9 Å². The number of para-hydroxylation sites is 1. The van der Waals surface area contributed by atoms with E-state index in [-0.39, 0.29) is 29.6 Å². The molecule has 2 bridgehead atoms. The van der Waals surface area contributed by atoms with Crippen LogP contribution in [0.15, 0.2) is 83.9 Å². The third-order valence-electron chi connectivity index (χ3n) is 10.7.